The maximum absolute atomic E-state index is 12.1. The summed E-state index contributed by atoms with van der Waals surface area (Å²) in [4.78, 5) is 16.5. The Labute approximate surface area is 139 Å². The summed E-state index contributed by atoms with van der Waals surface area (Å²) in [5, 5.41) is 2.14. The van der Waals surface area contributed by atoms with E-state index in [9.17, 15) is 4.79 Å². The number of rotatable bonds is 3. The highest BCUT2D eigenvalue weighted by Gasteiger charge is 2.13. The zero-order chi connectivity index (χ0) is 16.5. The van der Waals surface area contributed by atoms with Crippen LogP contribution >= 0.6 is 0 Å². The minimum atomic E-state index is -0.319. The summed E-state index contributed by atoms with van der Waals surface area (Å²) in [6.45, 7) is 0.671. The van der Waals surface area contributed by atoms with E-state index in [1.165, 1.54) is 7.11 Å². The number of carbonyl (C=O) groups is 1. The Hall–Kier alpha value is -3.14. The highest BCUT2D eigenvalue weighted by Crippen LogP contribution is 2.23. The van der Waals surface area contributed by atoms with E-state index in [0.29, 0.717) is 12.1 Å². The Morgan fingerprint density at radius 1 is 1.08 bits per heavy atom. The van der Waals surface area contributed by atoms with Crippen LogP contribution in [0.5, 0.6) is 0 Å². The molecule has 0 spiro atoms. The second-order valence-corrected chi connectivity index (χ2v) is 5.71. The molecule has 2 heterocycles. The van der Waals surface area contributed by atoms with Crippen molar-refractivity contribution in [1.82, 2.24) is 9.55 Å². The van der Waals surface area contributed by atoms with Crippen LogP contribution in [0.15, 0.2) is 67.0 Å². The Balaban J connectivity index is 1.80. The van der Waals surface area contributed by atoms with Crippen molar-refractivity contribution in [3.8, 4) is 0 Å². The van der Waals surface area contributed by atoms with Crippen molar-refractivity contribution < 1.29 is 9.53 Å². The van der Waals surface area contributed by atoms with Gasteiger partial charge in [-0.15, -0.1) is 0 Å². The lowest BCUT2D eigenvalue weighted by Crippen LogP contribution is -2.06. The van der Waals surface area contributed by atoms with Gasteiger partial charge in [0.2, 0.25) is 0 Å². The minimum Gasteiger partial charge on any atom is -0.465 e. The number of aromatic nitrogens is 2. The van der Waals surface area contributed by atoms with Gasteiger partial charge in [0.25, 0.3) is 0 Å². The van der Waals surface area contributed by atoms with Gasteiger partial charge in [0.15, 0.2) is 0 Å². The summed E-state index contributed by atoms with van der Waals surface area (Å²) in [5.41, 5.74) is 3.59. The highest BCUT2D eigenvalue weighted by atomic mass is 16.5. The van der Waals surface area contributed by atoms with Crippen LogP contribution in [0.2, 0.25) is 0 Å². The molecule has 0 amide bonds. The molecule has 4 rings (SSSR count). The average molecular weight is 316 g/mol. The van der Waals surface area contributed by atoms with Crippen molar-refractivity contribution in [1.29, 1.82) is 0 Å². The van der Waals surface area contributed by atoms with E-state index in [4.69, 9.17) is 4.74 Å². The van der Waals surface area contributed by atoms with E-state index < -0.39 is 0 Å². The lowest BCUT2D eigenvalue weighted by molar-refractivity contribution is 0.0602. The van der Waals surface area contributed by atoms with E-state index in [1.807, 2.05) is 36.5 Å². The molecule has 0 N–H and O–H groups in total. The summed E-state index contributed by atoms with van der Waals surface area (Å²) in [7, 11) is 1.41. The summed E-state index contributed by atoms with van der Waals surface area (Å²) >= 11 is 0. The van der Waals surface area contributed by atoms with E-state index in [2.05, 4.69) is 27.8 Å². The van der Waals surface area contributed by atoms with Crippen LogP contribution in [0.3, 0.4) is 0 Å². The average Bonchev–Trinajstić information content (AvgIpc) is 3.04. The third-order valence-electron chi connectivity index (χ3n) is 4.22. The number of esters is 1. The molecule has 0 aliphatic rings. The van der Waals surface area contributed by atoms with E-state index in [1.54, 1.807) is 12.3 Å². The first-order valence-corrected chi connectivity index (χ1v) is 7.76. The summed E-state index contributed by atoms with van der Waals surface area (Å²) in [6, 6.07) is 17.9. The normalized spacial score (nSPS) is 11.0. The predicted octanol–water partition coefficient (Wildman–Crippen LogP) is 4.02. The molecular formula is C20H16N2O2. The fraction of sp³-hybridized carbons (Fsp3) is 0.100. The first kappa shape index (κ1) is 14.5. The molecule has 0 unspecified atom stereocenters. The Kier molecular flexibility index (Phi) is 3.50. The molecule has 0 fully saturated rings. The first-order chi connectivity index (χ1) is 11.8. The number of fused-ring (bicyclic) bond motifs is 2. The molecule has 0 radical (unpaired) electrons. The number of benzene rings is 2. The molecule has 0 aliphatic heterocycles. The number of carbonyl (C=O) groups excluding carboxylic acids is 1. The van der Waals surface area contributed by atoms with Crippen molar-refractivity contribution >= 4 is 27.8 Å². The Bertz CT molecular complexity index is 1050. The number of para-hydroxylation sites is 1. The van der Waals surface area contributed by atoms with Gasteiger partial charge in [-0.3, -0.25) is 4.98 Å². The topological polar surface area (TPSA) is 44.1 Å². The molecule has 0 aliphatic carbocycles. The van der Waals surface area contributed by atoms with Crippen molar-refractivity contribution in [2.24, 2.45) is 0 Å². The molecule has 0 saturated carbocycles. The molecule has 0 saturated heterocycles. The maximum Gasteiger partial charge on any atom is 0.340 e. The van der Waals surface area contributed by atoms with Crippen molar-refractivity contribution in [2.75, 3.05) is 7.11 Å². The second kappa shape index (κ2) is 5.81. The number of methoxy groups -OCH3 is 1. The molecule has 118 valence electrons. The van der Waals surface area contributed by atoms with Crippen molar-refractivity contribution in [3.63, 3.8) is 0 Å². The van der Waals surface area contributed by atoms with Crippen LogP contribution in [0.1, 0.15) is 15.9 Å². The smallest absolute Gasteiger partial charge is 0.340 e. The monoisotopic (exact) mass is 316 g/mol. The zero-order valence-electron chi connectivity index (χ0n) is 13.3. The standard InChI is InChI=1S/C20H16N2O2/c1-24-20(23)17-6-2-4-16-9-11-22(19(16)17)13-14-7-8-15-5-3-10-21-18(15)12-14/h2-12H,13H2,1H3. The van der Waals surface area contributed by atoms with Gasteiger partial charge >= 0.3 is 5.97 Å². The number of ether oxygens (including phenoxy) is 1. The molecule has 0 atom stereocenters. The van der Waals surface area contributed by atoms with Crippen LogP contribution in [-0.2, 0) is 11.3 Å². The van der Waals surface area contributed by atoms with Crippen LogP contribution in [0.4, 0.5) is 0 Å². The quantitative estimate of drug-likeness (QED) is 0.536. The molecule has 4 nitrogen and oxygen atoms in total. The fourth-order valence-electron chi connectivity index (χ4n) is 3.07. The fourth-order valence-corrected chi connectivity index (χ4v) is 3.07. The van der Waals surface area contributed by atoms with Gasteiger partial charge in [-0.2, -0.15) is 0 Å². The van der Waals surface area contributed by atoms with Gasteiger partial charge < -0.3 is 9.30 Å². The molecule has 24 heavy (non-hydrogen) atoms. The van der Waals surface area contributed by atoms with Gasteiger partial charge in [-0.25, -0.2) is 4.79 Å². The summed E-state index contributed by atoms with van der Waals surface area (Å²) in [6.07, 6.45) is 3.80. The van der Waals surface area contributed by atoms with Gasteiger partial charge in [0.05, 0.1) is 23.7 Å². The van der Waals surface area contributed by atoms with E-state index in [-0.39, 0.29) is 5.97 Å². The van der Waals surface area contributed by atoms with Crippen molar-refractivity contribution in [2.45, 2.75) is 6.54 Å². The van der Waals surface area contributed by atoms with Crippen LogP contribution in [0.25, 0.3) is 21.8 Å². The molecular weight excluding hydrogens is 300 g/mol. The predicted molar refractivity (Wildman–Crippen MR) is 94.1 cm³/mol. The van der Waals surface area contributed by atoms with Gasteiger partial charge in [-0.1, -0.05) is 30.3 Å². The minimum absolute atomic E-state index is 0.319. The van der Waals surface area contributed by atoms with E-state index >= 15 is 0 Å². The Morgan fingerprint density at radius 3 is 2.83 bits per heavy atom. The third-order valence-corrected chi connectivity index (χ3v) is 4.22. The molecule has 2 aromatic carbocycles. The molecule has 4 aromatic rings. The lowest BCUT2D eigenvalue weighted by atomic mass is 10.1. The molecule has 4 heteroatoms. The first-order valence-electron chi connectivity index (χ1n) is 7.76. The van der Waals surface area contributed by atoms with Crippen LogP contribution in [-0.4, -0.2) is 22.6 Å². The SMILES string of the molecule is COC(=O)c1cccc2ccn(Cc3ccc4cccnc4c3)c12. The zero-order valence-corrected chi connectivity index (χ0v) is 13.3. The summed E-state index contributed by atoms with van der Waals surface area (Å²) in [5.74, 6) is -0.319. The van der Waals surface area contributed by atoms with Gasteiger partial charge in [0.1, 0.15) is 0 Å². The number of hydrogen-bond acceptors (Lipinski definition) is 3. The second-order valence-electron chi connectivity index (χ2n) is 5.71. The number of pyridine rings is 1. The molecule has 0 bridgehead atoms. The largest absolute Gasteiger partial charge is 0.465 e. The highest BCUT2D eigenvalue weighted by molar-refractivity contribution is 6.03. The molecule has 2 aromatic heterocycles. The lowest BCUT2D eigenvalue weighted by Gasteiger charge is -2.09. The van der Waals surface area contributed by atoms with Gasteiger partial charge in [-0.05, 0) is 29.8 Å². The van der Waals surface area contributed by atoms with Crippen LogP contribution in [0, 0.1) is 0 Å². The maximum atomic E-state index is 12.1. The van der Waals surface area contributed by atoms with E-state index in [0.717, 1.165) is 27.4 Å². The Morgan fingerprint density at radius 2 is 1.96 bits per heavy atom. The number of hydrogen-bond donors (Lipinski definition) is 0. The number of nitrogens with zero attached hydrogens (tertiary/aromatic N) is 2. The van der Waals surface area contributed by atoms with Crippen molar-refractivity contribution in [3.05, 3.63) is 78.1 Å². The van der Waals surface area contributed by atoms with Gasteiger partial charge in [0, 0.05) is 29.7 Å². The summed E-state index contributed by atoms with van der Waals surface area (Å²) < 4.78 is 6.99. The van der Waals surface area contributed by atoms with Crippen LogP contribution < -0.4 is 0 Å². The third kappa shape index (κ3) is 2.42.